The van der Waals surface area contributed by atoms with Crippen molar-refractivity contribution >= 4 is 23.5 Å². The van der Waals surface area contributed by atoms with Crippen molar-refractivity contribution in [2.75, 3.05) is 0 Å². The molecule has 126 valence electrons. The minimum Gasteiger partial charge on any atom is -0.480 e. The third-order valence-electron chi connectivity index (χ3n) is 3.25. The minimum absolute atomic E-state index is 0.0408. The molecule has 1 amide bonds. The van der Waals surface area contributed by atoms with Gasteiger partial charge in [-0.3, -0.25) is 4.79 Å². The summed E-state index contributed by atoms with van der Waals surface area (Å²) in [6, 6.07) is 8.19. The Hall–Kier alpha value is -2.47. The SMILES string of the molecule is O=C(Cc1cc(F)cc(F)c1)N[C@H](Cc1cccc(Cl)c1)C(=O)O. The number of amides is 1. The van der Waals surface area contributed by atoms with Crippen LogP contribution >= 0.6 is 11.6 Å². The lowest BCUT2D eigenvalue weighted by atomic mass is 10.1. The fraction of sp³-hybridized carbons (Fsp3) is 0.176. The summed E-state index contributed by atoms with van der Waals surface area (Å²) in [7, 11) is 0. The van der Waals surface area contributed by atoms with E-state index < -0.39 is 29.6 Å². The van der Waals surface area contributed by atoms with Gasteiger partial charge >= 0.3 is 5.97 Å². The summed E-state index contributed by atoms with van der Waals surface area (Å²) < 4.78 is 26.2. The lowest BCUT2D eigenvalue weighted by Crippen LogP contribution is -2.43. The van der Waals surface area contributed by atoms with E-state index in [1.165, 1.54) is 0 Å². The predicted octanol–water partition coefficient (Wildman–Crippen LogP) is 2.97. The first kappa shape index (κ1) is 17.9. The fourth-order valence-electron chi connectivity index (χ4n) is 2.24. The van der Waals surface area contributed by atoms with Crippen LogP contribution in [0, 0.1) is 11.6 Å². The van der Waals surface area contributed by atoms with Crippen molar-refractivity contribution in [3.63, 3.8) is 0 Å². The standard InChI is InChI=1S/C17H14ClF2NO3/c18-12-3-1-2-10(4-12)7-15(17(23)24)21-16(22)8-11-5-13(19)9-14(20)6-11/h1-6,9,15H,7-8H2,(H,21,22)(H,23,24)/t15-/m1/s1. The maximum absolute atomic E-state index is 13.1. The van der Waals surface area contributed by atoms with Crippen LogP contribution in [0.3, 0.4) is 0 Å². The quantitative estimate of drug-likeness (QED) is 0.839. The zero-order valence-corrected chi connectivity index (χ0v) is 13.2. The first-order chi connectivity index (χ1) is 11.3. The number of carboxylic acid groups (broad SMARTS) is 1. The van der Waals surface area contributed by atoms with E-state index >= 15 is 0 Å². The number of hydrogen-bond donors (Lipinski definition) is 2. The van der Waals surface area contributed by atoms with Crippen molar-refractivity contribution in [1.29, 1.82) is 0 Å². The maximum atomic E-state index is 13.1. The van der Waals surface area contributed by atoms with Crippen LogP contribution in [0.25, 0.3) is 0 Å². The number of benzene rings is 2. The average molecular weight is 354 g/mol. The molecule has 2 N–H and O–H groups in total. The number of aliphatic carboxylic acids is 1. The van der Waals surface area contributed by atoms with Gasteiger partial charge < -0.3 is 10.4 Å². The van der Waals surface area contributed by atoms with Gasteiger partial charge in [0.25, 0.3) is 0 Å². The molecule has 0 aliphatic carbocycles. The molecule has 0 bridgehead atoms. The second kappa shape index (κ2) is 7.88. The molecule has 0 heterocycles. The Morgan fingerprint density at radius 3 is 2.33 bits per heavy atom. The Morgan fingerprint density at radius 2 is 1.75 bits per heavy atom. The molecule has 0 fully saturated rings. The molecule has 0 aliphatic rings. The normalized spacial score (nSPS) is 11.8. The molecule has 4 nitrogen and oxygen atoms in total. The number of nitrogens with one attached hydrogen (secondary N) is 1. The summed E-state index contributed by atoms with van der Waals surface area (Å²) >= 11 is 5.84. The average Bonchev–Trinajstić information content (AvgIpc) is 2.45. The fourth-order valence-corrected chi connectivity index (χ4v) is 2.46. The minimum atomic E-state index is -1.21. The summed E-state index contributed by atoms with van der Waals surface area (Å²) in [5.41, 5.74) is 0.767. The van der Waals surface area contributed by atoms with Crippen LogP contribution in [-0.2, 0) is 22.4 Å². The highest BCUT2D eigenvalue weighted by Gasteiger charge is 2.21. The first-order valence-corrected chi connectivity index (χ1v) is 7.43. The van der Waals surface area contributed by atoms with E-state index in [1.807, 2.05) is 0 Å². The van der Waals surface area contributed by atoms with Gasteiger partial charge in [-0.25, -0.2) is 13.6 Å². The van der Waals surface area contributed by atoms with Gasteiger partial charge in [-0.05, 0) is 35.4 Å². The van der Waals surface area contributed by atoms with E-state index in [1.54, 1.807) is 24.3 Å². The van der Waals surface area contributed by atoms with Crippen molar-refractivity contribution < 1.29 is 23.5 Å². The Morgan fingerprint density at radius 1 is 1.08 bits per heavy atom. The summed E-state index contributed by atoms with van der Waals surface area (Å²) in [4.78, 5) is 23.3. The molecule has 0 spiro atoms. The molecule has 0 unspecified atom stereocenters. The second-order valence-corrected chi connectivity index (χ2v) is 5.68. The molecule has 2 aromatic carbocycles. The van der Waals surface area contributed by atoms with Gasteiger partial charge in [-0.2, -0.15) is 0 Å². The highest BCUT2D eigenvalue weighted by Crippen LogP contribution is 2.13. The van der Waals surface area contributed by atoms with Crippen LogP contribution in [0.15, 0.2) is 42.5 Å². The first-order valence-electron chi connectivity index (χ1n) is 7.05. The van der Waals surface area contributed by atoms with Gasteiger partial charge in [0.05, 0.1) is 6.42 Å². The number of carbonyl (C=O) groups is 2. The molecule has 24 heavy (non-hydrogen) atoms. The molecule has 0 aromatic heterocycles. The Kier molecular flexibility index (Phi) is 5.87. The summed E-state index contributed by atoms with van der Waals surface area (Å²) in [5, 5.41) is 12.0. The maximum Gasteiger partial charge on any atom is 0.326 e. The molecule has 1 atom stereocenters. The summed E-state index contributed by atoms with van der Waals surface area (Å²) in [6.45, 7) is 0. The largest absolute Gasteiger partial charge is 0.480 e. The van der Waals surface area contributed by atoms with Crippen LogP contribution in [0.2, 0.25) is 5.02 Å². The zero-order chi connectivity index (χ0) is 17.7. The summed E-state index contributed by atoms with van der Waals surface area (Å²) in [6.07, 6.45) is -0.285. The van der Waals surface area contributed by atoms with Crippen molar-refractivity contribution in [3.8, 4) is 0 Å². The number of carbonyl (C=O) groups excluding carboxylic acids is 1. The van der Waals surface area contributed by atoms with Crippen molar-refractivity contribution in [2.24, 2.45) is 0 Å². The number of halogens is 3. The number of hydrogen-bond acceptors (Lipinski definition) is 2. The van der Waals surface area contributed by atoms with Crippen LogP contribution in [0.4, 0.5) is 8.78 Å². The molecule has 2 aromatic rings. The number of rotatable bonds is 6. The monoisotopic (exact) mass is 353 g/mol. The Balaban J connectivity index is 2.04. The van der Waals surface area contributed by atoms with Crippen molar-refractivity contribution in [1.82, 2.24) is 5.32 Å². The predicted molar refractivity (Wildman–Crippen MR) is 84.8 cm³/mol. The molecule has 7 heteroatoms. The Labute approximate surface area is 142 Å². The lowest BCUT2D eigenvalue weighted by Gasteiger charge is -2.15. The molecule has 0 saturated carbocycles. The Bertz CT molecular complexity index is 747. The second-order valence-electron chi connectivity index (χ2n) is 5.25. The van der Waals surface area contributed by atoms with E-state index in [9.17, 15) is 23.5 Å². The zero-order valence-electron chi connectivity index (χ0n) is 12.4. The van der Waals surface area contributed by atoms with Gasteiger partial charge in [-0.1, -0.05) is 23.7 Å². The van der Waals surface area contributed by atoms with E-state index in [2.05, 4.69) is 5.32 Å². The molecular weight excluding hydrogens is 340 g/mol. The molecule has 0 aliphatic heterocycles. The van der Waals surface area contributed by atoms with E-state index in [-0.39, 0.29) is 18.4 Å². The van der Waals surface area contributed by atoms with Gasteiger partial charge in [0.15, 0.2) is 0 Å². The van der Waals surface area contributed by atoms with E-state index in [0.717, 1.165) is 12.1 Å². The third kappa shape index (κ3) is 5.31. The van der Waals surface area contributed by atoms with Crippen LogP contribution < -0.4 is 5.32 Å². The van der Waals surface area contributed by atoms with Gasteiger partial charge in [0.2, 0.25) is 5.91 Å². The highest BCUT2D eigenvalue weighted by molar-refractivity contribution is 6.30. The molecular formula is C17H14ClF2NO3. The molecule has 2 rings (SSSR count). The molecule has 0 saturated heterocycles. The lowest BCUT2D eigenvalue weighted by molar-refractivity contribution is -0.141. The van der Waals surface area contributed by atoms with Crippen LogP contribution in [0.1, 0.15) is 11.1 Å². The van der Waals surface area contributed by atoms with E-state index in [4.69, 9.17) is 11.6 Å². The van der Waals surface area contributed by atoms with Crippen LogP contribution in [-0.4, -0.2) is 23.0 Å². The molecule has 0 radical (unpaired) electrons. The van der Waals surface area contributed by atoms with Crippen molar-refractivity contribution in [2.45, 2.75) is 18.9 Å². The summed E-state index contributed by atoms with van der Waals surface area (Å²) in [5.74, 6) is -3.46. The van der Waals surface area contributed by atoms with Crippen LogP contribution in [0.5, 0.6) is 0 Å². The van der Waals surface area contributed by atoms with Crippen molar-refractivity contribution in [3.05, 3.63) is 70.2 Å². The third-order valence-corrected chi connectivity index (χ3v) is 3.48. The van der Waals surface area contributed by atoms with Gasteiger partial charge in [-0.15, -0.1) is 0 Å². The van der Waals surface area contributed by atoms with Gasteiger partial charge in [0, 0.05) is 17.5 Å². The smallest absolute Gasteiger partial charge is 0.326 e. The highest BCUT2D eigenvalue weighted by atomic mass is 35.5. The van der Waals surface area contributed by atoms with E-state index in [0.29, 0.717) is 16.7 Å². The number of carboxylic acids is 1. The van der Waals surface area contributed by atoms with Gasteiger partial charge in [0.1, 0.15) is 17.7 Å². The topological polar surface area (TPSA) is 66.4 Å².